The third-order valence-electron chi connectivity index (χ3n) is 5.17. The van der Waals surface area contributed by atoms with Gasteiger partial charge in [-0.1, -0.05) is 0 Å². The van der Waals surface area contributed by atoms with Gasteiger partial charge in [0.05, 0.1) is 13.3 Å². The van der Waals surface area contributed by atoms with Gasteiger partial charge in [-0.05, 0) is 46.6 Å². The first-order chi connectivity index (χ1) is 10.0. The van der Waals surface area contributed by atoms with Crippen molar-refractivity contribution >= 4 is 5.78 Å². The predicted molar refractivity (Wildman–Crippen MR) is 80.8 cm³/mol. The summed E-state index contributed by atoms with van der Waals surface area (Å²) in [5.74, 6) is 0.935. The summed E-state index contributed by atoms with van der Waals surface area (Å²) in [5, 5.41) is 4.33. The van der Waals surface area contributed by atoms with Crippen LogP contribution in [0.3, 0.4) is 0 Å². The Morgan fingerprint density at radius 3 is 2.48 bits per heavy atom. The van der Waals surface area contributed by atoms with Crippen LogP contribution in [0.4, 0.5) is 0 Å². The molecule has 0 aromatic carbocycles. The van der Waals surface area contributed by atoms with Crippen molar-refractivity contribution in [2.45, 2.75) is 57.7 Å². The number of ketones is 1. The number of hydrogen-bond donors (Lipinski definition) is 0. The standard InChI is InChI=1S/C16H25N3O2/c1-10(2)19-15(14(21-4)9-17-19)16(20)11-7-12-5-6-13(8-11)18(12)3/h9-13H,5-8H2,1-4H3. The van der Waals surface area contributed by atoms with E-state index in [0.29, 0.717) is 23.5 Å². The molecule has 0 amide bonds. The molecule has 2 bridgehead atoms. The van der Waals surface area contributed by atoms with Crippen molar-refractivity contribution in [2.75, 3.05) is 14.2 Å². The van der Waals surface area contributed by atoms with E-state index in [1.165, 1.54) is 12.8 Å². The summed E-state index contributed by atoms with van der Waals surface area (Å²) in [6.07, 6.45) is 6.06. The summed E-state index contributed by atoms with van der Waals surface area (Å²) in [4.78, 5) is 15.5. The monoisotopic (exact) mass is 291 g/mol. The highest BCUT2D eigenvalue weighted by atomic mass is 16.5. The molecular formula is C16H25N3O2. The number of hydrogen-bond acceptors (Lipinski definition) is 4. The molecule has 0 spiro atoms. The summed E-state index contributed by atoms with van der Waals surface area (Å²) in [6, 6.07) is 1.30. The van der Waals surface area contributed by atoms with Gasteiger partial charge in [0.1, 0.15) is 5.69 Å². The van der Waals surface area contributed by atoms with E-state index in [4.69, 9.17) is 4.74 Å². The van der Waals surface area contributed by atoms with Gasteiger partial charge in [-0.3, -0.25) is 9.48 Å². The molecule has 0 saturated carbocycles. The van der Waals surface area contributed by atoms with Crippen molar-refractivity contribution in [1.29, 1.82) is 0 Å². The molecule has 0 radical (unpaired) electrons. The number of nitrogens with zero attached hydrogens (tertiary/aromatic N) is 3. The van der Waals surface area contributed by atoms with Crippen molar-refractivity contribution in [2.24, 2.45) is 5.92 Å². The maximum absolute atomic E-state index is 13.0. The summed E-state index contributed by atoms with van der Waals surface area (Å²) in [5.41, 5.74) is 0.654. The quantitative estimate of drug-likeness (QED) is 0.800. The molecule has 2 aliphatic rings. The van der Waals surface area contributed by atoms with E-state index in [-0.39, 0.29) is 17.7 Å². The minimum absolute atomic E-state index is 0.113. The van der Waals surface area contributed by atoms with Gasteiger partial charge in [-0.25, -0.2) is 0 Å². The van der Waals surface area contributed by atoms with Crippen molar-refractivity contribution in [3.8, 4) is 5.75 Å². The van der Waals surface area contributed by atoms with E-state index in [1.54, 1.807) is 18.0 Å². The number of Topliss-reactive ketones (excluding diaryl/α,β-unsaturated/α-hetero) is 1. The minimum Gasteiger partial charge on any atom is -0.493 e. The Morgan fingerprint density at radius 2 is 1.95 bits per heavy atom. The Kier molecular flexibility index (Phi) is 3.78. The SMILES string of the molecule is COc1cnn(C(C)C)c1C(=O)C1CC2CCC(C1)N2C. The first kappa shape index (κ1) is 14.6. The highest BCUT2D eigenvalue weighted by molar-refractivity contribution is 5.99. The molecule has 0 N–H and O–H groups in total. The first-order valence-electron chi connectivity index (χ1n) is 7.90. The zero-order chi connectivity index (χ0) is 15.1. The lowest BCUT2D eigenvalue weighted by Crippen LogP contribution is -2.42. The third kappa shape index (κ3) is 2.37. The van der Waals surface area contributed by atoms with Crippen LogP contribution in [0.25, 0.3) is 0 Å². The van der Waals surface area contributed by atoms with Crippen LogP contribution in [0.5, 0.6) is 5.75 Å². The zero-order valence-corrected chi connectivity index (χ0v) is 13.4. The largest absolute Gasteiger partial charge is 0.493 e. The molecule has 2 atom stereocenters. The van der Waals surface area contributed by atoms with Crippen LogP contribution in [-0.2, 0) is 0 Å². The third-order valence-corrected chi connectivity index (χ3v) is 5.17. The zero-order valence-electron chi connectivity index (χ0n) is 13.4. The molecule has 1 aromatic rings. The highest BCUT2D eigenvalue weighted by Gasteiger charge is 2.42. The maximum atomic E-state index is 13.0. The van der Waals surface area contributed by atoms with Crippen molar-refractivity contribution in [1.82, 2.24) is 14.7 Å². The fraction of sp³-hybridized carbons (Fsp3) is 0.750. The fourth-order valence-electron chi connectivity index (χ4n) is 3.94. The van der Waals surface area contributed by atoms with Crippen molar-refractivity contribution in [3.63, 3.8) is 0 Å². The Balaban J connectivity index is 1.87. The van der Waals surface area contributed by atoms with E-state index in [2.05, 4.69) is 17.0 Å². The molecule has 5 nitrogen and oxygen atoms in total. The summed E-state index contributed by atoms with van der Waals surface area (Å²) in [6.45, 7) is 4.09. The smallest absolute Gasteiger partial charge is 0.187 e. The molecule has 116 valence electrons. The second kappa shape index (κ2) is 5.44. The van der Waals surface area contributed by atoms with Crippen LogP contribution in [0.1, 0.15) is 56.1 Å². The predicted octanol–water partition coefficient (Wildman–Crippen LogP) is 2.53. The Bertz CT molecular complexity index is 524. The Labute approximate surface area is 126 Å². The van der Waals surface area contributed by atoms with E-state index < -0.39 is 0 Å². The van der Waals surface area contributed by atoms with Gasteiger partial charge in [-0.2, -0.15) is 5.10 Å². The lowest BCUT2D eigenvalue weighted by molar-refractivity contribution is 0.0751. The topological polar surface area (TPSA) is 47.4 Å². The molecule has 3 rings (SSSR count). The second-order valence-corrected chi connectivity index (χ2v) is 6.68. The number of fused-ring (bicyclic) bond motifs is 2. The van der Waals surface area contributed by atoms with Crippen LogP contribution in [0, 0.1) is 5.92 Å². The molecule has 2 fully saturated rings. The van der Waals surface area contributed by atoms with Crippen LogP contribution >= 0.6 is 0 Å². The van der Waals surface area contributed by atoms with Gasteiger partial charge in [0.25, 0.3) is 0 Å². The molecule has 3 heterocycles. The van der Waals surface area contributed by atoms with Crippen molar-refractivity contribution in [3.05, 3.63) is 11.9 Å². The Hall–Kier alpha value is -1.36. The molecule has 1 aromatic heterocycles. The van der Waals surface area contributed by atoms with Crippen LogP contribution in [-0.4, -0.2) is 46.7 Å². The van der Waals surface area contributed by atoms with E-state index in [9.17, 15) is 4.79 Å². The van der Waals surface area contributed by atoms with E-state index in [0.717, 1.165) is 12.8 Å². The number of ether oxygens (including phenoxy) is 1. The van der Waals surface area contributed by atoms with Gasteiger partial charge in [0.2, 0.25) is 0 Å². The fourth-order valence-corrected chi connectivity index (χ4v) is 3.94. The van der Waals surface area contributed by atoms with E-state index >= 15 is 0 Å². The summed E-state index contributed by atoms with van der Waals surface area (Å²) in [7, 11) is 3.80. The lowest BCUT2D eigenvalue weighted by atomic mass is 9.86. The van der Waals surface area contributed by atoms with E-state index in [1.807, 2.05) is 13.8 Å². The first-order valence-corrected chi connectivity index (χ1v) is 7.90. The molecule has 5 heteroatoms. The number of carbonyl (C=O) groups excluding carboxylic acids is 1. The minimum atomic E-state index is 0.113. The average Bonchev–Trinajstić information content (AvgIpc) is 2.95. The van der Waals surface area contributed by atoms with Gasteiger partial charge >= 0.3 is 0 Å². The molecule has 2 aliphatic heterocycles. The van der Waals surface area contributed by atoms with Gasteiger partial charge < -0.3 is 9.64 Å². The Morgan fingerprint density at radius 1 is 1.33 bits per heavy atom. The summed E-state index contributed by atoms with van der Waals surface area (Å²) < 4.78 is 7.17. The highest BCUT2D eigenvalue weighted by Crippen LogP contribution is 2.39. The van der Waals surface area contributed by atoms with Gasteiger partial charge in [0.15, 0.2) is 11.5 Å². The van der Waals surface area contributed by atoms with Gasteiger partial charge in [-0.15, -0.1) is 0 Å². The van der Waals surface area contributed by atoms with Gasteiger partial charge in [0, 0.05) is 24.0 Å². The van der Waals surface area contributed by atoms with Crippen molar-refractivity contribution < 1.29 is 9.53 Å². The molecule has 2 saturated heterocycles. The number of aromatic nitrogens is 2. The van der Waals surface area contributed by atoms with Crippen LogP contribution < -0.4 is 4.74 Å². The maximum Gasteiger partial charge on any atom is 0.187 e. The number of rotatable bonds is 4. The lowest BCUT2D eigenvalue weighted by Gasteiger charge is -2.35. The number of methoxy groups -OCH3 is 1. The average molecular weight is 291 g/mol. The van der Waals surface area contributed by atoms with Crippen LogP contribution in [0.15, 0.2) is 6.20 Å². The molecule has 21 heavy (non-hydrogen) atoms. The van der Waals surface area contributed by atoms with Crippen LogP contribution in [0.2, 0.25) is 0 Å². The second-order valence-electron chi connectivity index (χ2n) is 6.68. The normalized spacial score (nSPS) is 29.1. The molecular weight excluding hydrogens is 266 g/mol. The summed E-state index contributed by atoms with van der Waals surface area (Å²) >= 11 is 0. The molecule has 0 aliphatic carbocycles. The number of carbonyl (C=O) groups is 1. The number of piperidine rings is 1. The molecule has 2 unspecified atom stereocenters.